The molecule has 0 aromatic carbocycles. The quantitative estimate of drug-likeness (QED) is 0.843. The van der Waals surface area contributed by atoms with E-state index < -0.39 is 0 Å². The standard InChI is InChI=1S/C18H22N2O2S/c1-2-16(10-19-6-1)22-14-18-5-8-21-17(18)3-7-20(13-18)11-15-4-9-23-12-15/h1-2,4,6,9-10,12,17H,3,5,7-8,11,13-14H2/t17-,18+/m1/s1. The molecule has 2 aliphatic heterocycles. The molecule has 2 atom stereocenters. The third-order valence-electron chi connectivity index (χ3n) is 4.99. The molecule has 0 amide bonds. The maximum atomic E-state index is 6.07. The Hall–Kier alpha value is -1.43. The van der Waals surface area contributed by atoms with Gasteiger partial charge in [-0.25, -0.2) is 0 Å². The summed E-state index contributed by atoms with van der Waals surface area (Å²) in [6.45, 7) is 4.75. The molecule has 0 saturated carbocycles. The van der Waals surface area contributed by atoms with Gasteiger partial charge in [0.1, 0.15) is 5.75 Å². The number of fused-ring (bicyclic) bond motifs is 1. The predicted molar refractivity (Wildman–Crippen MR) is 90.7 cm³/mol. The molecular weight excluding hydrogens is 308 g/mol. The van der Waals surface area contributed by atoms with Gasteiger partial charge in [0.2, 0.25) is 0 Å². The molecule has 122 valence electrons. The van der Waals surface area contributed by atoms with Crippen molar-refractivity contribution in [3.63, 3.8) is 0 Å². The highest BCUT2D eigenvalue weighted by Gasteiger charge is 2.48. The molecule has 0 radical (unpaired) electrons. The summed E-state index contributed by atoms with van der Waals surface area (Å²) < 4.78 is 12.1. The zero-order valence-electron chi connectivity index (χ0n) is 13.2. The number of aromatic nitrogens is 1. The van der Waals surface area contributed by atoms with Gasteiger partial charge < -0.3 is 9.47 Å². The molecule has 4 rings (SSSR count). The fourth-order valence-corrected chi connectivity index (χ4v) is 4.44. The highest BCUT2D eigenvalue weighted by Crippen LogP contribution is 2.41. The number of nitrogens with zero attached hydrogens (tertiary/aromatic N) is 2. The van der Waals surface area contributed by atoms with Crippen molar-refractivity contribution in [2.75, 3.05) is 26.3 Å². The van der Waals surface area contributed by atoms with Crippen LogP contribution in [0.15, 0.2) is 41.4 Å². The second-order valence-corrected chi connectivity index (χ2v) is 7.36. The minimum absolute atomic E-state index is 0.115. The number of ether oxygens (including phenoxy) is 2. The number of hydrogen-bond donors (Lipinski definition) is 0. The molecule has 2 aliphatic rings. The van der Waals surface area contributed by atoms with E-state index in [0.29, 0.717) is 12.7 Å². The number of pyridine rings is 1. The molecule has 4 heterocycles. The second-order valence-electron chi connectivity index (χ2n) is 6.58. The predicted octanol–water partition coefficient (Wildman–Crippen LogP) is 3.20. The van der Waals surface area contributed by atoms with Gasteiger partial charge in [0.05, 0.1) is 18.9 Å². The maximum absolute atomic E-state index is 6.07. The van der Waals surface area contributed by atoms with Crippen LogP contribution in [-0.4, -0.2) is 42.3 Å². The zero-order chi connectivity index (χ0) is 15.5. The molecule has 2 fully saturated rings. The largest absolute Gasteiger partial charge is 0.491 e. The van der Waals surface area contributed by atoms with E-state index in [0.717, 1.165) is 44.8 Å². The Kier molecular flexibility index (Phi) is 4.33. The fourth-order valence-electron chi connectivity index (χ4n) is 3.78. The van der Waals surface area contributed by atoms with Crippen LogP contribution in [0.2, 0.25) is 0 Å². The summed E-state index contributed by atoms with van der Waals surface area (Å²) >= 11 is 1.77. The lowest BCUT2D eigenvalue weighted by atomic mass is 9.77. The minimum Gasteiger partial charge on any atom is -0.491 e. The Morgan fingerprint density at radius 3 is 3.26 bits per heavy atom. The summed E-state index contributed by atoms with van der Waals surface area (Å²) in [5, 5.41) is 4.40. The number of rotatable bonds is 5. The summed E-state index contributed by atoms with van der Waals surface area (Å²) in [7, 11) is 0. The molecule has 0 bridgehead atoms. The normalized spacial score (nSPS) is 27.7. The minimum atomic E-state index is 0.115. The van der Waals surface area contributed by atoms with E-state index in [1.165, 1.54) is 5.56 Å². The number of likely N-dealkylation sites (tertiary alicyclic amines) is 1. The molecule has 2 aromatic heterocycles. The summed E-state index contributed by atoms with van der Waals surface area (Å²) in [6, 6.07) is 6.11. The molecular formula is C18H22N2O2S. The Labute approximate surface area is 141 Å². The van der Waals surface area contributed by atoms with E-state index >= 15 is 0 Å². The van der Waals surface area contributed by atoms with Crippen molar-refractivity contribution in [1.29, 1.82) is 0 Å². The third kappa shape index (κ3) is 3.27. The van der Waals surface area contributed by atoms with E-state index in [2.05, 4.69) is 26.7 Å². The van der Waals surface area contributed by atoms with Gasteiger partial charge >= 0.3 is 0 Å². The summed E-state index contributed by atoms with van der Waals surface area (Å²) in [5.74, 6) is 0.850. The van der Waals surface area contributed by atoms with Crippen molar-refractivity contribution in [3.8, 4) is 5.75 Å². The van der Waals surface area contributed by atoms with Crippen LogP contribution in [0.5, 0.6) is 5.75 Å². The number of thiophene rings is 1. The Morgan fingerprint density at radius 2 is 2.43 bits per heavy atom. The topological polar surface area (TPSA) is 34.6 Å². The van der Waals surface area contributed by atoms with E-state index in [9.17, 15) is 0 Å². The first kappa shape index (κ1) is 15.1. The lowest BCUT2D eigenvalue weighted by molar-refractivity contribution is -0.0413. The molecule has 2 aromatic rings. The van der Waals surface area contributed by atoms with Crippen LogP contribution < -0.4 is 4.74 Å². The molecule has 0 N–H and O–H groups in total. The highest BCUT2D eigenvalue weighted by molar-refractivity contribution is 7.07. The van der Waals surface area contributed by atoms with Crippen LogP contribution in [0.25, 0.3) is 0 Å². The van der Waals surface area contributed by atoms with E-state index in [1.54, 1.807) is 23.7 Å². The number of piperidine rings is 1. The van der Waals surface area contributed by atoms with Crippen molar-refractivity contribution in [1.82, 2.24) is 9.88 Å². The van der Waals surface area contributed by atoms with Gasteiger partial charge in [-0.15, -0.1) is 0 Å². The van der Waals surface area contributed by atoms with Crippen LogP contribution in [0.3, 0.4) is 0 Å². The Bertz CT molecular complexity index is 619. The molecule has 2 saturated heterocycles. The van der Waals surface area contributed by atoms with Gasteiger partial charge in [-0.3, -0.25) is 9.88 Å². The fraction of sp³-hybridized carbons (Fsp3) is 0.500. The van der Waals surface area contributed by atoms with Crippen molar-refractivity contribution in [2.24, 2.45) is 5.41 Å². The molecule has 0 spiro atoms. The van der Waals surface area contributed by atoms with Crippen molar-refractivity contribution < 1.29 is 9.47 Å². The van der Waals surface area contributed by atoms with Gasteiger partial charge in [-0.05, 0) is 47.4 Å². The first-order valence-electron chi connectivity index (χ1n) is 8.22. The lowest BCUT2D eigenvalue weighted by Gasteiger charge is -2.43. The van der Waals surface area contributed by atoms with Crippen molar-refractivity contribution >= 4 is 11.3 Å². The highest BCUT2D eigenvalue weighted by atomic mass is 32.1. The van der Waals surface area contributed by atoms with Crippen LogP contribution >= 0.6 is 11.3 Å². The lowest BCUT2D eigenvalue weighted by Crippen LogP contribution is -2.52. The van der Waals surface area contributed by atoms with E-state index in [4.69, 9.17) is 9.47 Å². The second kappa shape index (κ2) is 6.59. The molecule has 5 heteroatoms. The van der Waals surface area contributed by atoms with Crippen LogP contribution in [0.1, 0.15) is 18.4 Å². The monoisotopic (exact) mass is 330 g/mol. The van der Waals surface area contributed by atoms with Gasteiger partial charge in [0.15, 0.2) is 0 Å². The maximum Gasteiger partial charge on any atom is 0.137 e. The average molecular weight is 330 g/mol. The summed E-state index contributed by atoms with van der Waals surface area (Å²) in [4.78, 5) is 6.69. The Morgan fingerprint density at radius 1 is 1.43 bits per heavy atom. The summed E-state index contributed by atoms with van der Waals surface area (Å²) in [5.41, 5.74) is 1.53. The van der Waals surface area contributed by atoms with Crippen LogP contribution in [0, 0.1) is 5.41 Å². The van der Waals surface area contributed by atoms with Gasteiger partial charge in [-0.1, -0.05) is 0 Å². The first-order valence-corrected chi connectivity index (χ1v) is 9.16. The van der Waals surface area contributed by atoms with E-state index in [-0.39, 0.29) is 5.41 Å². The zero-order valence-corrected chi connectivity index (χ0v) is 14.0. The van der Waals surface area contributed by atoms with Gasteiger partial charge in [-0.2, -0.15) is 11.3 Å². The smallest absolute Gasteiger partial charge is 0.137 e. The molecule has 0 aliphatic carbocycles. The van der Waals surface area contributed by atoms with Gasteiger partial charge in [0.25, 0.3) is 0 Å². The van der Waals surface area contributed by atoms with E-state index in [1.807, 2.05) is 12.1 Å². The average Bonchev–Trinajstić information content (AvgIpc) is 3.23. The van der Waals surface area contributed by atoms with Gasteiger partial charge in [0, 0.05) is 37.9 Å². The van der Waals surface area contributed by atoms with Crippen molar-refractivity contribution in [3.05, 3.63) is 46.9 Å². The number of hydrogen-bond acceptors (Lipinski definition) is 5. The first-order chi connectivity index (χ1) is 11.3. The van der Waals surface area contributed by atoms with Crippen LogP contribution in [-0.2, 0) is 11.3 Å². The van der Waals surface area contributed by atoms with Crippen LogP contribution in [0.4, 0.5) is 0 Å². The molecule has 4 nitrogen and oxygen atoms in total. The molecule has 23 heavy (non-hydrogen) atoms. The SMILES string of the molecule is c1cncc(OC[C@@]23CCO[C@@H]2CCN(Cc2ccsc2)C3)c1. The third-order valence-corrected chi connectivity index (χ3v) is 5.73. The van der Waals surface area contributed by atoms with Crippen molar-refractivity contribution in [2.45, 2.75) is 25.5 Å². The molecule has 0 unspecified atom stereocenters. The Balaban J connectivity index is 1.44. The summed E-state index contributed by atoms with van der Waals surface area (Å²) in [6.07, 6.45) is 6.07.